The number of ether oxygens (including phenoxy) is 1. The van der Waals surface area contributed by atoms with Crippen molar-refractivity contribution in [3.8, 4) is 0 Å². The number of hydrogen-bond donors (Lipinski definition) is 1. The van der Waals surface area contributed by atoms with E-state index < -0.39 is 0 Å². The van der Waals surface area contributed by atoms with Gasteiger partial charge in [-0.2, -0.15) is 11.8 Å². The van der Waals surface area contributed by atoms with Gasteiger partial charge in [0, 0.05) is 31.1 Å². The first-order valence-electron chi connectivity index (χ1n) is 6.62. The van der Waals surface area contributed by atoms with E-state index in [1.54, 1.807) is 7.11 Å². The topological polar surface area (TPSA) is 21.3 Å². The maximum Gasteiger partial charge on any atom is 0.0476 e. The molecule has 1 fully saturated rings. The molecule has 2 nitrogen and oxygen atoms in total. The number of methoxy groups -OCH3 is 1. The Kier molecular flexibility index (Phi) is 7.50. The first-order valence-corrected chi connectivity index (χ1v) is 7.67. The molecule has 3 atom stereocenters. The summed E-state index contributed by atoms with van der Waals surface area (Å²) in [5.74, 6) is 1.26. The monoisotopic (exact) mass is 245 g/mol. The minimum absolute atomic E-state index is 0.593. The highest BCUT2D eigenvalue weighted by Gasteiger charge is 2.22. The number of thioether (sulfide) groups is 1. The SMILES string of the molecule is CCSC1CCCC(NC(C)CCOC)C1. The van der Waals surface area contributed by atoms with Crippen LogP contribution < -0.4 is 5.32 Å². The van der Waals surface area contributed by atoms with Crippen molar-refractivity contribution >= 4 is 11.8 Å². The molecule has 0 spiro atoms. The third-order valence-electron chi connectivity index (χ3n) is 3.30. The highest BCUT2D eigenvalue weighted by atomic mass is 32.2. The molecule has 1 rings (SSSR count). The highest BCUT2D eigenvalue weighted by molar-refractivity contribution is 7.99. The fourth-order valence-electron chi connectivity index (χ4n) is 2.46. The molecule has 1 aliphatic rings. The second-order valence-electron chi connectivity index (χ2n) is 4.79. The van der Waals surface area contributed by atoms with Crippen LogP contribution in [0.5, 0.6) is 0 Å². The van der Waals surface area contributed by atoms with Crippen LogP contribution in [0, 0.1) is 0 Å². The molecular formula is C13H27NOS. The van der Waals surface area contributed by atoms with E-state index in [0.717, 1.165) is 24.3 Å². The van der Waals surface area contributed by atoms with E-state index in [0.29, 0.717) is 6.04 Å². The van der Waals surface area contributed by atoms with E-state index >= 15 is 0 Å². The molecule has 0 bridgehead atoms. The van der Waals surface area contributed by atoms with Crippen LogP contribution in [0.3, 0.4) is 0 Å². The minimum atomic E-state index is 0.593. The Labute approximate surface area is 105 Å². The van der Waals surface area contributed by atoms with Gasteiger partial charge in [-0.15, -0.1) is 0 Å². The maximum atomic E-state index is 5.12. The van der Waals surface area contributed by atoms with Crippen molar-refractivity contribution in [1.29, 1.82) is 0 Å². The van der Waals surface area contributed by atoms with Crippen molar-refractivity contribution in [2.75, 3.05) is 19.5 Å². The summed E-state index contributed by atoms with van der Waals surface area (Å²) in [6.45, 7) is 5.41. The van der Waals surface area contributed by atoms with Gasteiger partial charge in [0.25, 0.3) is 0 Å². The first-order chi connectivity index (χ1) is 7.76. The first kappa shape index (κ1) is 14.3. The van der Waals surface area contributed by atoms with Crippen molar-refractivity contribution in [2.24, 2.45) is 0 Å². The second-order valence-corrected chi connectivity index (χ2v) is 6.37. The van der Waals surface area contributed by atoms with Gasteiger partial charge in [-0.1, -0.05) is 13.3 Å². The third kappa shape index (κ3) is 5.55. The summed E-state index contributed by atoms with van der Waals surface area (Å²) in [6.07, 6.45) is 6.65. The lowest BCUT2D eigenvalue weighted by Gasteiger charge is -2.31. The van der Waals surface area contributed by atoms with Crippen molar-refractivity contribution < 1.29 is 4.74 Å². The molecule has 0 aromatic rings. The maximum absolute atomic E-state index is 5.12. The summed E-state index contributed by atoms with van der Waals surface area (Å²) in [4.78, 5) is 0. The van der Waals surface area contributed by atoms with Crippen molar-refractivity contribution in [3.05, 3.63) is 0 Å². The largest absolute Gasteiger partial charge is 0.385 e. The minimum Gasteiger partial charge on any atom is -0.385 e. The molecule has 0 heterocycles. The lowest BCUT2D eigenvalue weighted by molar-refractivity contribution is 0.180. The average Bonchev–Trinajstić information content (AvgIpc) is 2.27. The molecule has 1 saturated carbocycles. The summed E-state index contributed by atoms with van der Waals surface area (Å²) >= 11 is 2.14. The van der Waals surface area contributed by atoms with E-state index in [1.807, 2.05) is 0 Å². The number of hydrogen-bond acceptors (Lipinski definition) is 3. The Morgan fingerprint density at radius 1 is 1.44 bits per heavy atom. The van der Waals surface area contributed by atoms with E-state index in [1.165, 1.54) is 31.4 Å². The molecular weight excluding hydrogens is 218 g/mol. The lowest BCUT2D eigenvalue weighted by Crippen LogP contribution is -2.40. The molecule has 0 saturated heterocycles. The van der Waals surface area contributed by atoms with Gasteiger partial charge in [-0.05, 0) is 38.4 Å². The van der Waals surface area contributed by atoms with Crippen molar-refractivity contribution in [3.63, 3.8) is 0 Å². The van der Waals surface area contributed by atoms with Crippen LogP contribution in [-0.4, -0.2) is 36.8 Å². The quantitative estimate of drug-likeness (QED) is 0.745. The van der Waals surface area contributed by atoms with Crippen LogP contribution >= 0.6 is 11.8 Å². The van der Waals surface area contributed by atoms with E-state index in [-0.39, 0.29) is 0 Å². The molecule has 0 aromatic heterocycles. The third-order valence-corrected chi connectivity index (χ3v) is 4.54. The zero-order valence-corrected chi connectivity index (χ0v) is 11.8. The van der Waals surface area contributed by atoms with Gasteiger partial charge in [0.15, 0.2) is 0 Å². The summed E-state index contributed by atoms with van der Waals surface area (Å²) in [5, 5.41) is 4.64. The van der Waals surface area contributed by atoms with Gasteiger partial charge < -0.3 is 10.1 Å². The van der Waals surface area contributed by atoms with Gasteiger partial charge in [0.2, 0.25) is 0 Å². The molecule has 3 unspecified atom stereocenters. The Bertz CT molecular complexity index is 175. The summed E-state index contributed by atoms with van der Waals surface area (Å²) in [5.41, 5.74) is 0. The predicted molar refractivity (Wildman–Crippen MR) is 73.3 cm³/mol. The molecule has 0 aliphatic heterocycles. The molecule has 0 aromatic carbocycles. The zero-order chi connectivity index (χ0) is 11.8. The molecule has 0 amide bonds. The van der Waals surface area contributed by atoms with Gasteiger partial charge in [0.05, 0.1) is 0 Å². The summed E-state index contributed by atoms with van der Waals surface area (Å²) in [7, 11) is 1.78. The molecule has 1 N–H and O–H groups in total. The Hall–Kier alpha value is 0.270. The average molecular weight is 245 g/mol. The number of nitrogens with one attached hydrogen (secondary N) is 1. The van der Waals surface area contributed by atoms with E-state index in [4.69, 9.17) is 4.74 Å². The van der Waals surface area contributed by atoms with Crippen LogP contribution in [0.1, 0.15) is 46.0 Å². The molecule has 3 heteroatoms. The highest BCUT2D eigenvalue weighted by Crippen LogP contribution is 2.28. The molecule has 0 radical (unpaired) electrons. The Morgan fingerprint density at radius 3 is 2.94 bits per heavy atom. The van der Waals surface area contributed by atoms with Crippen LogP contribution in [0.2, 0.25) is 0 Å². The van der Waals surface area contributed by atoms with E-state index in [9.17, 15) is 0 Å². The predicted octanol–water partition coefficient (Wildman–Crippen LogP) is 3.07. The van der Waals surface area contributed by atoms with Crippen LogP contribution in [0.15, 0.2) is 0 Å². The van der Waals surface area contributed by atoms with Crippen LogP contribution in [-0.2, 0) is 4.74 Å². The molecule has 16 heavy (non-hydrogen) atoms. The van der Waals surface area contributed by atoms with Crippen LogP contribution in [0.4, 0.5) is 0 Å². The van der Waals surface area contributed by atoms with Crippen molar-refractivity contribution in [2.45, 2.75) is 63.3 Å². The van der Waals surface area contributed by atoms with Gasteiger partial charge >= 0.3 is 0 Å². The Morgan fingerprint density at radius 2 is 2.25 bits per heavy atom. The standard InChI is InChI=1S/C13H27NOS/c1-4-16-13-7-5-6-12(10-13)14-11(2)8-9-15-3/h11-14H,4-10H2,1-3H3. The van der Waals surface area contributed by atoms with Gasteiger partial charge in [-0.25, -0.2) is 0 Å². The summed E-state index contributed by atoms with van der Waals surface area (Å²) in [6, 6.07) is 1.33. The zero-order valence-electron chi connectivity index (χ0n) is 11.0. The summed E-state index contributed by atoms with van der Waals surface area (Å²) < 4.78 is 5.12. The second kappa shape index (κ2) is 8.37. The molecule has 1 aliphatic carbocycles. The van der Waals surface area contributed by atoms with E-state index in [2.05, 4.69) is 30.9 Å². The lowest BCUT2D eigenvalue weighted by atomic mass is 9.94. The number of rotatable bonds is 7. The normalized spacial score (nSPS) is 27.9. The Balaban J connectivity index is 2.20. The van der Waals surface area contributed by atoms with Crippen molar-refractivity contribution in [1.82, 2.24) is 5.32 Å². The van der Waals surface area contributed by atoms with Crippen LogP contribution in [0.25, 0.3) is 0 Å². The fourth-order valence-corrected chi connectivity index (χ4v) is 3.64. The fraction of sp³-hybridized carbons (Fsp3) is 1.00. The molecule has 96 valence electrons. The van der Waals surface area contributed by atoms with Gasteiger partial charge in [0.1, 0.15) is 0 Å². The van der Waals surface area contributed by atoms with Gasteiger partial charge in [-0.3, -0.25) is 0 Å². The smallest absolute Gasteiger partial charge is 0.0476 e.